The molecule has 0 aliphatic carbocycles. The Morgan fingerprint density at radius 3 is 2.65 bits per heavy atom. The van der Waals surface area contributed by atoms with Crippen molar-refractivity contribution in [2.24, 2.45) is 0 Å². The molecular formula is C12H16N4O3S. The molecule has 0 aliphatic rings. The Morgan fingerprint density at radius 2 is 2.15 bits per heavy atom. The molecule has 1 rings (SSSR count). The second kappa shape index (κ2) is 6.36. The minimum atomic E-state index is -3.88. The number of hydrogen-bond donors (Lipinski definition) is 2. The minimum Gasteiger partial charge on any atom is -0.398 e. The van der Waals surface area contributed by atoms with Crippen molar-refractivity contribution in [3.8, 4) is 6.07 Å². The first-order valence-corrected chi connectivity index (χ1v) is 7.33. The lowest BCUT2D eigenvalue weighted by Crippen LogP contribution is -2.38. The Labute approximate surface area is 118 Å². The Balaban J connectivity index is 2.90. The molecule has 0 aliphatic heterocycles. The first-order chi connectivity index (χ1) is 9.31. The van der Waals surface area contributed by atoms with Gasteiger partial charge >= 0.3 is 0 Å². The van der Waals surface area contributed by atoms with E-state index in [0.717, 1.165) is 0 Å². The Bertz CT molecular complexity index is 649. The molecule has 3 N–H and O–H groups in total. The van der Waals surface area contributed by atoms with Crippen LogP contribution >= 0.6 is 0 Å². The van der Waals surface area contributed by atoms with Crippen molar-refractivity contribution in [1.82, 2.24) is 9.62 Å². The number of rotatable bonds is 5. The minimum absolute atomic E-state index is 0.0344. The molecule has 1 aromatic carbocycles. The Morgan fingerprint density at radius 1 is 1.50 bits per heavy atom. The number of nitriles is 1. The summed E-state index contributed by atoms with van der Waals surface area (Å²) >= 11 is 0. The summed E-state index contributed by atoms with van der Waals surface area (Å²) in [5, 5.41) is 8.70. The normalized spacial score (nSPS) is 10.8. The fraction of sp³-hybridized carbons (Fsp3) is 0.333. The number of likely N-dealkylation sites (N-methyl/N-ethyl adjacent to an activating group) is 1. The van der Waals surface area contributed by atoms with Gasteiger partial charge in [0.25, 0.3) is 0 Å². The van der Waals surface area contributed by atoms with Crippen LogP contribution in [0.4, 0.5) is 5.69 Å². The zero-order valence-electron chi connectivity index (χ0n) is 11.3. The lowest BCUT2D eigenvalue weighted by Gasteiger charge is -2.15. The van der Waals surface area contributed by atoms with E-state index in [1.807, 2.05) is 6.07 Å². The van der Waals surface area contributed by atoms with Gasteiger partial charge in [-0.1, -0.05) is 0 Å². The van der Waals surface area contributed by atoms with Crippen LogP contribution in [0, 0.1) is 11.3 Å². The summed E-state index contributed by atoms with van der Waals surface area (Å²) in [5.41, 5.74) is 5.84. The van der Waals surface area contributed by atoms with E-state index in [-0.39, 0.29) is 28.6 Å². The van der Waals surface area contributed by atoms with Crippen LogP contribution in [-0.2, 0) is 14.8 Å². The van der Waals surface area contributed by atoms with Gasteiger partial charge in [-0.15, -0.1) is 0 Å². The van der Waals surface area contributed by atoms with E-state index in [4.69, 9.17) is 11.0 Å². The first kappa shape index (κ1) is 15.9. The van der Waals surface area contributed by atoms with E-state index in [0.29, 0.717) is 6.54 Å². The maximum atomic E-state index is 12.0. The van der Waals surface area contributed by atoms with Crippen molar-refractivity contribution in [2.45, 2.75) is 11.8 Å². The van der Waals surface area contributed by atoms with Crippen molar-refractivity contribution < 1.29 is 13.2 Å². The van der Waals surface area contributed by atoms with Gasteiger partial charge in [0.1, 0.15) is 4.90 Å². The molecule has 8 heteroatoms. The van der Waals surface area contributed by atoms with Gasteiger partial charge in [-0.05, 0) is 25.1 Å². The number of sulfonamides is 1. The van der Waals surface area contributed by atoms with Gasteiger partial charge in [-0.2, -0.15) is 5.26 Å². The van der Waals surface area contributed by atoms with Crippen LogP contribution in [0.2, 0.25) is 0 Å². The highest BCUT2D eigenvalue weighted by Gasteiger charge is 2.19. The number of nitrogen functional groups attached to an aromatic ring is 1. The standard InChI is InChI=1S/C12H16N4O3S/c1-3-16(2)12(17)8-15-20(18,19)11-5-4-9(7-13)6-10(11)14/h4-6,15H,3,8,14H2,1-2H3. The molecule has 1 aromatic rings. The average molecular weight is 296 g/mol. The second-order valence-electron chi connectivity index (χ2n) is 4.10. The molecule has 108 valence electrons. The monoisotopic (exact) mass is 296 g/mol. The Hall–Kier alpha value is -2.11. The van der Waals surface area contributed by atoms with Crippen LogP contribution in [0.15, 0.2) is 23.1 Å². The predicted octanol–water partition coefficient (Wildman–Crippen LogP) is -0.103. The van der Waals surface area contributed by atoms with Crippen LogP contribution in [0.1, 0.15) is 12.5 Å². The number of amides is 1. The summed E-state index contributed by atoms with van der Waals surface area (Å²) in [6, 6.07) is 5.73. The number of hydrogen-bond acceptors (Lipinski definition) is 5. The van der Waals surface area contributed by atoms with Gasteiger partial charge in [0.2, 0.25) is 15.9 Å². The fourth-order valence-corrected chi connectivity index (χ4v) is 2.49. The third kappa shape index (κ3) is 3.69. The van der Waals surface area contributed by atoms with Gasteiger partial charge in [-0.25, -0.2) is 13.1 Å². The molecule has 7 nitrogen and oxygen atoms in total. The summed E-state index contributed by atoms with van der Waals surface area (Å²) in [5.74, 6) is -0.344. The first-order valence-electron chi connectivity index (χ1n) is 5.85. The highest BCUT2D eigenvalue weighted by Crippen LogP contribution is 2.19. The summed E-state index contributed by atoms with van der Waals surface area (Å²) in [6.45, 7) is 1.93. The van der Waals surface area contributed by atoms with Crippen molar-refractivity contribution in [3.05, 3.63) is 23.8 Å². The number of nitrogens with one attached hydrogen (secondary N) is 1. The highest BCUT2D eigenvalue weighted by molar-refractivity contribution is 7.89. The number of carbonyl (C=O) groups excluding carboxylic acids is 1. The van der Waals surface area contributed by atoms with Crippen LogP contribution < -0.4 is 10.5 Å². The molecule has 20 heavy (non-hydrogen) atoms. The molecule has 0 spiro atoms. The SMILES string of the molecule is CCN(C)C(=O)CNS(=O)(=O)c1ccc(C#N)cc1N. The van der Waals surface area contributed by atoms with Gasteiger partial charge in [-0.3, -0.25) is 4.79 Å². The summed E-state index contributed by atoms with van der Waals surface area (Å²) in [7, 11) is -2.31. The molecule has 0 aromatic heterocycles. The zero-order chi connectivity index (χ0) is 15.3. The number of benzene rings is 1. The van der Waals surface area contributed by atoms with Crippen molar-refractivity contribution in [1.29, 1.82) is 5.26 Å². The lowest BCUT2D eigenvalue weighted by atomic mass is 10.2. The summed E-state index contributed by atoms with van der Waals surface area (Å²) < 4.78 is 26.2. The van der Waals surface area contributed by atoms with Gasteiger partial charge < -0.3 is 10.6 Å². The lowest BCUT2D eigenvalue weighted by molar-refractivity contribution is -0.128. The number of nitrogens with zero attached hydrogens (tertiary/aromatic N) is 2. The highest BCUT2D eigenvalue weighted by atomic mass is 32.2. The van der Waals surface area contributed by atoms with E-state index >= 15 is 0 Å². The van der Waals surface area contributed by atoms with Gasteiger partial charge in [0.05, 0.1) is 23.9 Å². The summed E-state index contributed by atoms with van der Waals surface area (Å²) in [6.07, 6.45) is 0. The van der Waals surface area contributed by atoms with E-state index < -0.39 is 10.0 Å². The largest absolute Gasteiger partial charge is 0.398 e. The Kier molecular flexibility index (Phi) is 5.07. The molecule has 0 heterocycles. The summed E-state index contributed by atoms with van der Waals surface area (Å²) in [4.78, 5) is 12.8. The quantitative estimate of drug-likeness (QED) is 0.736. The smallest absolute Gasteiger partial charge is 0.243 e. The molecule has 0 saturated carbocycles. The molecule has 0 bridgehead atoms. The third-order valence-electron chi connectivity index (χ3n) is 2.74. The molecule has 0 atom stereocenters. The molecular weight excluding hydrogens is 280 g/mol. The number of carbonyl (C=O) groups is 1. The molecule has 0 unspecified atom stereocenters. The van der Waals surface area contributed by atoms with Gasteiger partial charge in [0.15, 0.2) is 0 Å². The number of nitrogens with two attached hydrogens (primary N) is 1. The fourth-order valence-electron chi connectivity index (χ4n) is 1.41. The van der Waals surface area contributed by atoms with E-state index in [2.05, 4.69) is 4.72 Å². The van der Waals surface area contributed by atoms with Crippen molar-refractivity contribution in [2.75, 3.05) is 25.9 Å². The van der Waals surface area contributed by atoms with Crippen LogP contribution in [0.5, 0.6) is 0 Å². The molecule has 1 amide bonds. The van der Waals surface area contributed by atoms with Crippen LogP contribution in [0.3, 0.4) is 0 Å². The van der Waals surface area contributed by atoms with E-state index in [1.165, 1.54) is 23.1 Å². The zero-order valence-corrected chi connectivity index (χ0v) is 12.1. The molecule has 0 radical (unpaired) electrons. The third-order valence-corrected chi connectivity index (χ3v) is 4.22. The van der Waals surface area contributed by atoms with Crippen molar-refractivity contribution >= 4 is 21.6 Å². The maximum absolute atomic E-state index is 12.0. The van der Waals surface area contributed by atoms with Crippen molar-refractivity contribution in [3.63, 3.8) is 0 Å². The average Bonchev–Trinajstić information content (AvgIpc) is 2.43. The van der Waals surface area contributed by atoms with E-state index in [9.17, 15) is 13.2 Å². The van der Waals surface area contributed by atoms with Crippen LogP contribution in [0.25, 0.3) is 0 Å². The molecule has 0 fully saturated rings. The molecule has 0 saturated heterocycles. The maximum Gasteiger partial charge on any atom is 0.243 e. The van der Waals surface area contributed by atoms with Crippen LogP contribution in [-0.4, -0.2) is 39.4 Å². The second-order valence-corrected chi connectivity index (χ2v) is 5.83. The number of anilines is 1. The van der Waals surface area contributed by atoms with Gasteiger partial charge in [0, 0.05) is 13.6 Å². The predicted molar refractivity (Wildman–Crippen MR) is 74.1 cm³/mol. The topological polar surface area (TPSA) is 116 Å². The van der Waals surface area contributed by atoms with E-state index in [1.54, 1.807) is 14.0 Å².